The van der Waals surface area contributed by atoms with Crippen LogP contribution < -0.4 is 0 Å². The first-order chi connectivity index (χ1) is 8.24. The van der Waals surface area contributed by atoms with Crippen LogP contribution in [-0.2, 0) is 4.74 Å². The zero-order chi connectivity index (χ0) is 13.9. The lowest BCUT2D eigenvalue weighted by molar-refractivity contribution is -0.163. The second kappa shape index (κ2) is 6.18. The molecule has 0 aliphatic rings. The molecule has 0 saturated heterocycles. The van der Waals surface area contributed by atoms with Crippen molar-refractivity contribution in [2.24, 2.45) is 0 Å². The summed E-state index contributed by atoms with van der Waals surface area (Å²) in [4.78, 5) is 11.4. The van der Waals surface area contributed by atoms with Crippen LogP contribution in [0.5, 0.6) is 0 Å². The van der Waals surface area contributed by atoms with Gasteiger partial charge in [0.2, 0.25) is 0 Å². The van der Waals surface area contributed by atoms with Crippen molar-refractivity contribution in [2.75, 3.05) is 13.2 Å². The molecule has 102 valence electrons. The Morgan fingerprint density at radius 2 is 2.06 bits per heavy atom. The zero-order valence-electron chi connectivity index (χ0n) is 8.56. The normalized spacial score (nSPS) is 12.2. The van der Waals surface area contributed by atoms with Crippen molar-refractivity contribution in [1.29, 1.82) is 0 Å². The molecule has 0 N–H and O–H groups in total. The summed E-state index contributed by atoms with van der Waals surface area (Å²) in [6.07, 6.45) is -3.84. The van der Waals surface area contributed by atoms with E-state index in [9.17, 15) is 22.4 Å². The third-order valence-electron chi connectivity index (χ3n) is 1.80. The van der Waals surface area contributed by atoms with Crippen molar-refractivity contribution in [3.8, 4) is 0 Å². The highest BCUT2D eigenvalue weighted by molar-refractivity contribution is 7.20. The van der Waals surface area contributed by atoms with E-state index in [1.807, 2.05) is 0 Å². The highest BCUT2D eigenvalue weighted by Gasteiger charge is 2.41. The standard InChI is InChI=1S/C9H6Cl2F4O2S/c10-6-1-4(7(11)18-6)5(16)2-17-3-9(14,15)8(12)13/h1,8H,2-3H2. The number of carbonyl (C=O) groups is 1. The minimum absolute atomic E-state index is 0.0204. The zero-order valence-corrected chi connectivity index (χ0v) is 10.9. The van der Waals surface area contributed by atoms with Gasteiger partial charge in [0, 0.05) is 0 Å². The van der Waals surface area contributed by atoms with Gasteiger partial charge in [-0.3, -0.25) is 4.79 Å². The largest absolute Gasteiger partial charge is 0.367 e. The fourth-order valence-electron chi connectivity index (χ4n) is 0.951. The van der Waals surface area contributed by atoms with Gasteiger partial charge >= 0.3 is 12.3 Å². The van der Waals surface area contributed by atoms with Gasteiger partial charge in [0.15, 0.2) is 5.78 Å². The summed E-state index contributed by atoms with van der Waals surface area (Å²) < 4.78 is 53.1. The van der Waals surface area contributed by atoms with Gasteiger partial charge in [0.1, 0.15) is 17.6 Å². The van der Waals surface area contributed by atoms with E-state index in [2.05, 4.69) is 4.74 Å². The Morgan fingerprint density at radius 3 is 2.50 bits per heavy atom. The third kappa shape index (κ3) is 4.08. The number of alkyl halides is 4. The van der Waals surface area contributed by atoms with E-state index in [1.165, 1.54) is 6.07 Å². The Hall–Kier alpha value is -0.370. The molecule has 0 aromatic carbocycles. The van der Waals surface area contributed by atoms with Crippen molar-refractivity contribution in [1.82, 2.24) is 0 Å². The number of thiophene rings is 1. The molecule has 0 radical (unpaired) electrons. The maximum atomic E-state index is 12.5. The first-order valence-electron chi connectivity index (χ1n) is 4.46. The van der Waals surface area contributed by atoms with Gasteiger partial charge in [-0.1, -0.05) is 23.2 Å². The van der Waals surface area contributed by atoms with Gasteiger partial charge < -0.3 is 4.74 Å². The number of ether oxygens (including phenoxy) is 1. The SMILES string of the molecule is O=C(COCC(F)(F)C(F)F)c1cc(Cl)sc1Cl. The molecule has 1 aromatic rings. The molecule has 1 rings (SSSR count). The molecule has 0 atom stereocenters. The van der Waals surface area contributed by atoms with Crippen LogP contribution in [0.2, 0.25) is 8.67 Å². The molecule has 1 aromatic heterocycles. The Morgan fingerprint density at radius 1 is 1.44 bits per heavy atom. The van der Waals surface area contributed by atoms with Gasteiger partial charge in [0.25, 0.3) is 0 Å². The molecule has 2 nitrogen and oxygen atoms in total. The smallest absolute Gasteiger partial charge is 0.330 e. The van der Waals surface area contributed by atoms with Crippen LogP contribution in [0, 0.1) is 0 Å². The van der Waals surface area contributed by atoms with Crippen molar-refractivity contribution in [3.63, 3.8) is 0 Å². The van der Waals surface area contributed by atoms with Crippen LogP contribution in [0.15, 0.2) is 6.07 Å². The molecule has 0 amide bonds. The van der Waals surface area contributed by atoms with Crippen molar-refractivity contribution >= 4 is 40.3 Å². The average molecular weight is 325 g/mol. The summed E-state index contributed by atoms with van der Waals surface area (Å²) >= 11 is 12.2. The minimum Gasteiger partial charge on any atom is -0.367 e. The number of halogens is 6. The summed E-state index contributed by atoms with van der Waals surface area (Å²) in [7, 11) is 0. The molecule has 18 heavy (non-hydrogen) atoms. The van der Waals surface area contributed by atoms with Gasteiger partial charge in [-0.15, -0.1) is 11.3 Å². The minimum atomic E-state index is -4.28. The van der Waals surface area contributed by atoms with E-state index in [4.69, 9.17) is 23.2 Å². The van der Waals surface area contributed by atoms with E-state index in [-0.39, 0.29) is 14.2 Å². The summed E-state index contributed by atoms with van der Waals surface area (Å²) in [6.45, 7) is -2.30. The van der Waals surface area contributed by atoms with E-state index < -0.39 is 31.3 Å². The van der Waals surface area contributed by atoms with E-state index in [0.717, 1.165) is 11.3 Å². The molecule has 0 aliphatic carbocycles. The van der Waals surface area contributed by atoms with Crippen molar-refractivity contribution in [2.45, 2.75) is 12.3 Å². The predicted molar refractivity (Wildman–Crippen MR) is 60.4 cm³/mol. The van der Waals surface area contributed by atoms with Crippen LogP contribution >= 0.6 is 34.5 Å². The van der Waals surface area contributed by atoms with Crippen LogP contribution in [0.3, 0.4) is 0 Å². The lowest BCUT2D eigenvalue weighted by Gasteiger charge is -2.14. The maximum absolute atomic E-state index is 12.5. The van der Waals surface area contributed by atoms with Gasteiger partial charge in [-0.2, -0.15) is 8.78 Å². The molecule has 0 unspecified atom stereocenters. The van der Waals surface area contributed by atoms with Gasteiger partial charge in [0.05, 0.1) is 9.90 Å². The summed E-state index contributed by atoms with van der Waals surface area (Å²) in [5.41, 5.74) is 0.0204. The number of ketones is 1. The summed E-state index contributed by atoms with van der Waals surface area (Å²) in [5, 5.41) is 0. The Balaban J connectivity index is 2.50. The number of Topliss-reactive ketones (excluding diaryl/α,β-unsaturated/α-hetero) is 1. The number of carbonyl (C=O) groups excluding carboxylic acids is 1. The fourth-order valence-corrected chi connectivity index (χ4v) is 2.45. The third-order valence-corrected chi connectivity index (χ3v) is 3.29. The molecule has 9 heteroatoms. The highest BCUT2D eigenvalue weighted by atomic mass is 35.5. The van der Waals surface area contributed by atoms with Gasteiger partial charge in [-0.25, -0.2) is 8.78 Å². The van der Waals surface area contributed by atoms with E-state index >= 15 is 0 Å². The predicted octanol–water partition coefficient (Wildman–Crippen LogP) is 4.15. The Bertz CT molecular complexity index is 436. The van der Waals surface area contributed by atoms with Crippen molar-refractivity contribution in [3.05, 3.63) is 20.3 Å². The number of rotatable bonds is 6. The number of hydrogen-bond acceptors (Lipinski definition) is 3. The van der Waals surface area contributed by atoms with Crippen molar-refractivity contribution < 1.29 is 27.1 Å². The van der Waals surface area contributed by atoms with Crippen LogP contribution in [0.1, 0.15) is 10.4 Å². The summed E-state index contributed by atoms with van der Waals surface area (Å²) in [6, 6.07) is 1.26. The van der Waals surface area contributed by atoms with Crippen LogP contribution in [-0.4, -0.2) is 31.3 Å². The molecule has 0 spiro atoms. The molecule has 1 heterocycles. The second-order valence-corrected chi connectivity index (χ2v) is 5.50. The average Bonchev–Trinajstić information content (AvgIpc) is 2.57. The first kappa shape index (κ1) is 15.7. The van der Waals surface area contributed by atoms with E-state index in [1.54, 1.807) is 0 Å². The molecule has 0 fully saturated rings. The Kier molecular flexibility index (Phi) is 5.39. The topological polar surface area (TPSA) is 26.3 Å². The lowest BCUT2D eigenvalue weighted by Crippen LogP contribution is -2.33. The van der Waals surface area contributed by atoms with E-state index in [0.29, 0.717) is 0 Å². The highest BCUT2D eigenvalue weighted by Crippen LogP contribution is 2.31. The lowest BCUT2D eigenvalue weighted by atomic mass is 10.2. The molecular weight excluding hydrogens is 319 g/mol. The Labute approximate surface area is 113 Å². The molecule has 0 bridgehead atoms. The first-order valence-corrected chi connectivity index (χ1v) is 6.03. The summed E-state index contributed by atoms with van der Waals surface area (Å²) in [5.74, 6) is -4.98. The van der Waals surface area contributed by atoms with Crippen LogP contribution in [0.25, 0.3) is 0 Å². The fraction of sp³-hybridized carbons (Fsp3) is 0.444. The second-order valence-electron chi connectivity index (χ2n) is 3.22. The number of hydrogen-bond donors (Lipinski definition) is 0. The molecular formula is C9H6Cl2F4O2S. The van der Waals surface area contributed by atoms with Crippen LogP contribution in [0.4, 0.5) is 17.6 Å². The maximum Gasteiger partial charge on any atom is 0.330 e. The molecule has 0 saturated carbocycles. The quantitative estimate of drug-likeness (QED) is 0.580. The molecule has 0 aliphatic heterocycles. The monoisotopic (exact) mass is 324 g/mol. The van der Waals surface area contributed by atoms with Gasteiger partial charge in [-0.05, 0) is 6.07 Å².